The molecule has 1 fully saturated rings. The highest BCUT2D eigenvalue weighted by Gasteiger charge is 2.32. The van der Waals surface area contributed by atoms with Crippen LogP contribution in [0, 0.1) is 5.82 Å². The molecule has 0 bridgehead atoms. The number of amides is 1. The van der Waals surface area contributed by atoms with Crippen LogP contribution in [0.1, 0.15) is 29.2 Å². The molecule has 7 nitrogen and oxygen atoms in total. The molecule has 0 radical (unpaired) electrons. The number of amidine groups is 1. The average Bonchev–Trinajstić information content (AvgIpc) is 3.45. The molecule has 0 spiro atoms. The molecule has 168 valence electrons. The number of nitrogens with two attached hydrogens (primary N) is 1. The van der Waals surface area contributed by atoms with Gasteiger partial charge in [-0.05, 0) is 54.5 Å². The standard InChI is InChI=1S/C25H24FN5O2/c1-2-23(32)30-11-10-16(14-30)22-15-31(24-21(22)13-28-29-25(24)27)18-6-8-19(9-7-18)33-20-5-3-4-17(26)12-20/h2-9,12,15-16,28H,1,10-11,13-14H2,(H2,27,29)/t16-/m1/s1. The summed E-state index contributed by atoms with van der Waals surface area (Å²) in [6, 6.07) is 13.6. The number of carbonyl (C=O) groups excluding carboxylic acids is 1. The van der Waals surface area contributed by atoms with Gasteiger partial charge in [0.1, 0.15) is 17.3 Å². The molecule has 0 unspecified atom stereocenters. The zero-order valence-electron chi connectivity index (χ0n) is 18.0. The molecule has 1 aromatic heterocycles. The number of halogens is 1. The molecule has 0 aliphatic carbocycles. The Morgan fingerprint density at radius 2 is 2.06 bits per heavy atom. The molecular formula is C25H24FN5O2. The number of aromatic nitrogens is 1. The lowest BCUT2D eigenvalue weighted by Gasteiger charge is -2.17. The number of rotatable bonds is 5. The van der Waals surface area contributed by atoms with E-state index in [4.69, 9.17) is 10.5 Å². The summed E-state index contributed by atoms with van der Waals surface area (Å²) < 4.78 is 21.2. The summed E-state index contributed by atoms with van der Waals surface area (Å²) in [5.41, 5.74) is 13.3. The van der Waals surface area contributed by atoms with Gasteiger partial charge in [-0.3, -0.25) is 4.79 Å². The Morgan fingerprint density at radius 3 is 2.82 bits per heavy atom. The molecule has 3 heterocycles. The third-order valence-electron chi connectivity index (χ3n) is 6.10. The summed E-state index contributed by atoms with van der Waals surface area (Å²) in [5, 5.41) is 4.22. The van der Waals surface area contributed by atoms with E-state index in [0.29, 0.717) is 37.0 Å². The zero-order chi connectivity index (χ0) is 22.9. The minimum absolute atomic E-state index is 0.0427. The van der Waals surface area contributed by atoms with Gasteiger partial charge in [-0.2, -0.15) is 5.10 Å². The average molecular weight is 445 g/mol. The van der Waals surface area contributed by atoms with Gasteiger partial charge < -0.3 is 25.4 Å². The van der Waals surface area contributed by atoms with Gasteiger partial charge >= 0.3 is 0 Å². The van der Waals surface area contributed by atoms with Crippen molar-refractivity contribution in [1.29, 1.82) is 0 Å². The van der Waals surface area contributed by atoms with Crippen molar-refractivity contribution >= 4 is 11.7 Å². The normalized spacial score (nSPS) is 17.2. The zero-order valence-corrected chi connectivity index (χ0v) is 18.0. The molecule has 2 aliphatic rings. The summed E-state index contributed by atoms with van der Waals surface area (Å²) in [7, 11) is 0. The van der Waals surface area contributed by atoms with Gasteiger partial charge in [-0.15, -0.1) is 0 Å². The van der Waals surface area contributed by atoms with E-state index in [1.807, 2.05) is 33.7 Å². The minimum Gasteiger partial charge on any atom is -0.457 e. The number of hydrogen-bond acceptors (Lipinski definition) is 5. The topological polar surface area (TPSA) is 84.9 Å². The molecule has 2 aromatic carbocycles. The Hall–Kier alpha value is -4.07. The van der Waals surface area contributed by atoms with Crippen LogP contribution in [0.3, 0.4) is 0 Å². The largest absolute Gasteiger partial charge is 0.457 e. The van der Waals surface area contributed by atoms with Crippen LogP contribution < -0.4 is 15.9 Å². The Morgan fingerprint density at radius 1 is 1.24 bits per heavy atom. The Bertz CT molecular complexity index is 1250. The van der Waals surface area contributed by atoms with Gasteiger partial charge in [0.15, 0.2) is 5.84 Å². The summed E-state index contributed by atoms with van der Waals surface area (Å²) in [6.45, 7) is 5.53. The molecule has 1 amide bonds. The van der Waals surface area contributed by atoms with Gasteiger partial charge in [0.2, 0.25) is 5.91 Å². The number of ether oxygens (including phenoxy) is 1. The molecular weight excluding hydrogens is 421 g/mol. The monoisotopic (exact) mass is 445 g/mol. The van der Waals surface area contributed by atoms with E-state index in [-0.39, 0.29) is 17.6 Å². The van der Waals surface area contributed by atoms with Gasteiger partial charge in [0.05, 0.1) is 12.2 Å². The van der Waals surface area contributed by atoms with Crippen LogP contribution in [0.25, 0.3) is 5.69 Å². The van der Waals surface area contributed by atoms with Gasteiger partial charge in [-0.25, -0.2) is 4.39 Å². The number of nitrogens with one attached hydrogen (secondary N) is 1. The van der Waals surface area contributed by atoms with Crippen LogP contribution in [0.5, 0.6) is 11.5 Å². The van der Waals surface area contributed by atoms with Crippen LogP contribution in [0.4, 0.5) is 4.39 Å². The first-order chi connectivity index (χ1) is 16.0. The summed E-state index contributed by atoms with van der Waals surface area (Å²) in [5.74, 6) is 1.28. The second kappa shape index (κ2) is 8.46. The molecule has 2 aliphatic heterocycles. The SMILES string of the molecule is C=CC(=O)N1CC[C@@H](c2cn(-c3ccc(Oc4cccc(F)c4)cc3)c3c2CNN=C3N)C1. The lowest BCUT2D eigenvalue weighted by molar-refractivity contribution is -0.125. The van der Waals surface area contributed by atoms with E-state index >= 15 is 0 Å². The summed E-state index contributed by atoms with van der Waals surface area (Å²) in [6.07, 6.45) is 4.34. The van der Waals surface area contributed by atoms with Crippen molar-refractivity contribution < 1.29 is 13.9 Å². The lowest BCUT2D eigenvalue weighted by Crippen LogP contribution is -2.29. The Balaban J connectivity index is 1.45. The molecule has 3 aromatic rings. The van der Waals surface area contributed by atoms with E-state index in [9.17, 15) is 9.18 Å². The van der Waals surface area contributed by atoms with Crippen molar-refractivity contribution in [1.82, 2.24) is 14.9 Å². The van der Waals surface area contributed by atoms with Crippen LogP contribution in [-0.4, -0.2) is 34.3 Å². The fourth-order valence-electron chi connectivity index (χ4n) is 4.52. The highest BCUT2D eigenvalue weighted by molar-refractivity contribution is 5.99. The van der Waals surface area contributed by atoms with E-state index in [0.717, 1.165) is 28.9 Å². The van der Waals surface area contributed by atoms with Crippen molar-refractivity contribution in [2.24, 2.45) is 10.8 Å². The van der Waals surface area contributed by atoms with E-state index in [1.54, 1.807) is 12.1 Å². The van der Waals surface area contributed by atoms with Crippen molar-refractivity contribution in [3.63, 3.8) is 0 Å². The molecule has 0 saturated carbocycles. The summed E-state index contributed by atoms with van der Waals surface area (Å²) in [4.78, 5) is 13.9. The highest BCUT2D eigenvalue weighted by Crippen LogP contribution is 2.35. The van der Waals surface area contributed by atoms with Crippen molar-refractivity contribution in [3.8, 4) is 17.2 Å². The number of likely N-dealkylation sites (tertiary alicyclic amines) is 1. The predicted octanol–water partition coefficient (Wildman–Crippen LogP) is 3.63. The Kier molecular flexibility index (Phi) is 5.34. The second-order valence-electron chi connectivity index (χ2n) is 8.14. The van der Waals surface area contributed by atoms with Crippen molar-refractivity contribution in [2.75, 3.05) is 13.1 Å². The second-order valence-corrected chi connectivity index (χ2v) is 8.14. The molecule has 1 saturated heterocycles. The smallest absolute Gasteiger partial charge is 0.245 e. The van der Waals surface area contributed by atoms with Gasteiger partial charge in [0, 0.05) is 42.5 Å². The lowest BCUT2D eigenvalue weighted by atomic mass is 9.95. The van der Waals surface area contributed by atoms with Crippen LogP contribution in [0.2, 0.25) is 0 Å². The van der Waals surface area contributed by atoms with Crippen molar-refractivity contribution in [3.05, 3.63) is 90.0 Å². The highest BCUT2D eigenvalue weighted by atomic mass is 19.1. The third-order valence-corrected chi connectivity index (χ3v) is 6.10. The first-order valence-electron chi connectivity index (χ1n) is 10.8. The molecule has 33 heavy (non-hydrogen) atoms. The quantitative estimate of drug-likeness (QED) is 0.588. The third kappa shape index (κ3) is 3.95. The number of benzene rings is 2. The van der Waals surface area contributed by atoms with E-state index in [2.05, 4.69) is 23.3 Å². The fraction of sp³-hybridized carbons (Fsp3) is 0.200. The molecule has 1 atom stereocenters. The van der Waals surface area contributed by atoms with Crippen LogP contribution in [-0.2, 0) is 11.3 Å². The maximum Gasteiger partial charge on any atom is 0.245 e. The maximum absolute atomic E-state index is 13.4. The minimum atomic E-state index is -0.348. The fourth-order valence-corrected chi connectivity index (χ4v) is 4.52. The van der Waals surface area contributed by atoms with E-state index < -0.39 is 0 Å². The molecule has 3 N–H and O–H groups in total. The predicted molar refractivity (Wildman–Crippen MR) is 124 cm³/mol. The first kappa shape index (κ1) is 20.8. The van der Waals surface area contributed by atoms with Gasteiger partial charge in [-0.1, -0.05) is 12.6 Å². The molecule has 8 heteroatoms. The van der Waals surface area contributed by atoms with Crippen LogP contribution in [0.15, 0.2) is 72.5 Å². The summed E-state index contributed by atoms with van der Waals surface area (Å²) >= 11 is 0. The number of nitrogens with zero attached hydrogens (tertiary/aromatic N) is 3. The van der Waals surface area contributed by atoms with Crippen molar-refractivity contribution in [2.45, 2.75) is 18.9 Å². The van der Waals surface area contributed by atoms with Gasteiger partial charge in [0.25, 0.3) is 0 Å². The number of hydrogen-bond donors (Lipinski definition) is 2. The first-order valence-corrected chi connectivity index (χ1v) is 10.8. The Labute approximate surface area is 191 Å². The van der Waals surface area contributed by atoms with Crippen LogP contribution >= 0.6 is 0 Å². The van der Waals surface area contributed by atoms with E-state index in [1.165, 1.54) is 18.2 Å². The molecule has 5 rings (SSSR count). The maximum atomic E-state index is 13.4. The number of carbonyl (C=O) groups is 1. The number of fused-ring (bicyclic) bond motifs is 1. The number of hydrazone groups is 1.